The largest absolute Gasteiger partial charge is 0.394 e. The molecule has 3 N–H and O–H groups in total. The van der Waals surface area contributed by atoms with E-state index in [2.05, 4.69) is 20.2 Å². The van der Waals surface area contributed by atoms with Crippen LogP contribution in [0.1, 0.15) is 12.6 Å². The van der Waals surface area contributed by atoms with Gasteiger partial charge in [0.05, 0.1) is 19.0 Å². The number of nitrogens with one attached hydrogen (secondary N) is 1. The van der Waals surface area contributed by atoms with Crippen LogP contribution in [0.15, 0.2) is 11.1 Å². The maximum absolute atomic E-state index is 11.8. The number of halogens is 1. The van der Waals surface area contributed by atoms with E-state index in [1.54, 1.807) is 0 Å². The minimum absolute atomic E-state index is 0.0258. The van der Waals surface area contributed by atoms with Crippen molar-refractivity contribution in [3.63, 3.8) is 0 Å². The van der Waals surface area contributed by atoms with Gasteiger partial charge < -0.3 is 19.9 Å². The zero-order valence-corrected chi connectivity index (χ0v) is 11.8. The van der Waals surface area contributed by atoms with Gasteiger partial charge in [-0.05, 0) is 22.6 Å². The van der Waals surface area contributed by atoms with Crippen LogP contribution in [0.5, 0.6) is 0 Å². The third kappa shape index (κ3) is 2.06. The van der Waals surface area contributed by atoms with Gasteiger partial charge in [0, 0.05) is 6.42 Å². The number of ether oxygens (including phenoxy) is 1. The van der Waals surface area contributed by atoms with Crippen LogP contribution in [0, 0.1) is 3.70 Å². The number of aliphatic hydroxyl groups excluding tert-OH is 2. The van der Waals surface area contributed by atoms with Crippen LogP contribution in [0.4, 0.5) is 0 Å². The molecule has 0 spiro atoms. The predicted octanol–water partition coefficient (Wildman–Crippen LogP) is -0.635. The van der Waals surface area contributed by atoms with Gasteiger partial charge in [-0.15, -0.1) is 0 Å². The third-order valence-corrected chi connectivity index (χ3v) is 3.85. The van der Waals surface area contributed by atoms with Gasteiger partial charge in [-0.2, -0.15) is 5.10 Å². The van der Waals surface area contributed by atoms with Gasteiger partial charge in [-0.25, -0.2) is 9.67 Å². The Morgan fingerprint density at radius 3 is 3.37 bits per heavy atom. The minimum atomic E-state index is -0.746. The van der Waals surface area contributed by atoms with Gasteiger partial charge in [0.2, 0.25) is 1.43 Å². The quantitative estimate of drug-likeness (QED) is 0.612. The third-order valence-electron chi connectivity index (χ3n) is 3.09. The van der Waals surface area contributed by atoms with Crippen LogP contribution in [0.2, 0.25) is 0 Å². The number of aliphatic hydroxyl groups is 2. The lowest BCUT2D eigenvalue weighted by atomic mass is 10.2. The summed E-state index contributed by atoms with van der Waals surface area (Å²) in [6.45, 7) is -0.0258. The number of aromatic amines is 1. The Morgan fingerprint density at radius 2 is 2.58 bits per heavy atom. The highest BCUT2D eigenvalue weighted by Crippen LogP contribution is 2.30. The van der Waals surface area contributed by atoms with Crippen molar-refractivity contribution in [1.82, 2.24) is 19.7 Å². The van der Waals surface area contributed by atoms with Gasteiger partial charge in [0.1, 0.15) is 15.2 Å². The van der Waals surface area contributed by atoms with Crippen LogP contribution in [0.3, 0.4) is 0 Å². The molecular formula is C10H11IN4O4. The predicted molar refractivity (Wildman–Crippen MR) is 72.5 cm³/mol. The maximum Gasteiger partial charge on any atom is 0.262 e. The molecule has 0 bridgehead atoms. The molecule has 3 heterocycles. The summed E-state index contributed by atoms with van der Waals surface area (Å²) in [5.41, 5.74) is 0.137. The lowest BCUT2D eigenvalue weighted by Gasteiger charge is -2.12. The Morgan fingerprint density at radius 1 is 1.74 bits per heavy atom. The summed E-state index contributed by atoms with van der Waals surface area (Å²) in [5.74, 6) is 0. The average Bonchev–Trinajstić information content (AvgIpc) is 2.93. The van der Waals surface area contributed by atoms with Gasteiger partial charge in [-0.1, -0.05) is 0 Å². The molecule has 0 radical (unpaired) electrons. The molecule has 0 amide bonds. The maximum atomic E-state index is 11.8. The normalized spacial score (nSPS) is 27.9. The summed E-state index contributed by atoms with van der Waals surface area (Å²) in [6, 6.07) is 0. The molecule has 9 heteroatoms. The number of aromatic nitrogens is 4. The number of rotatable bonds is 3. The van der Waals surface area contributed by atoms with Crippen molar-refractivity contribution in [2.75, 3.05) is 6.61 Å². The monoisotopic (exact) mass is 379 g/mol. The molecule has 0 aliphatic carbocycles. The van der Waals surface area contributed by atoms with E-state index in [-0.39, 0.29) is 12.2 Å². The lowest BCUT2D eigenvalue weighted by Crippen LogP contribution is -2.24. The number of fused-ring (bicyclic) bond motifs is 1. The molecule has 8 nitrogen and oxygen atoms in total. The summed E-state index contributed by atoms with van der Waals surface area (Å²) in [4.78, 5) is 18.4. The lowest BCUT2D eigenvalue weighted by molar-refractivity contribution is -0.0471. The second kappa shape index (κ2) is 4.81. The summed E-state index contributed by atoms with van der Waals surface area (Å²) in [5, 5.41) is 18.8. The van der Waals surface area contributed by atoms with E-state index >= 15 is 0 Å². The topological polar surface area (TPSA) is 113 Å². The Kier molecular flexibility index (Phi) is 2.98. The molecule has 0 saturated carbocycles. The van der Waals surface area contributed by atoms with Gasteiger partial charge >= 0.3 is 0 Å². The smallest absolute Gasteiger partial charge is 0.262 e. The van der Waals surface area contributed by atoms with Gasteiger partial charge in [-0.3, -0.25) is 4.79 Å². The van der Waals surface area contributed by atoms with Crippen molar-refractivity contribution in [1.29, 1.82) is 1.43 Å². The first kappa shape index (κ1) is 11.8. The molecular weight excluding hydrogens is 367 g/mol. The number of hydrogen-bond donors (Lipinski definition) is 3. The highest BCUT2D eigenvalue weighted by Gasteiger charge is 2.36. The van der Waals surface area contributed by atoms with Crippen molar-refractivity contribution in [2.45, 2.75) is 24.9 Å². The van der Waals surface area contributed by atoms with Crippen molar-refractivity contribution in [3.05, 3.63) is 20.4 Å². The van der Waals surface area contributed by atoms with Crippen LogP contribution in [-0.4, -0.2) is 50.2 Å². The molecule has 1 aliphatic rings. The van der Waals surface area contributed by atoms with Crippen molar-refractivity contribution in [2.24, 2.45) is 0 Å². The van der Waals surface area contributed by atoms with E-state index in [0.29, 0.717) is 21.2 Å². The SMILES string of the molecule is [2H]OCC1OC(n2nc(I)c3c(=O)[nH]cnc32)CC1O. The van der Waals surface area contributed by atoms with E-state index in [4.69, 9.17) is 6.17 Å². The number of nitrogens with zero attached hydrogens (tertiary/aromatic N) is 3. The first-order chi connectivity index (χ1) is 9.61. The molecule has 1 fully saturated rings. The Bertz CT molecular complexity index is 689. The summed E-state index contributed by atoms with van der Waals surface area (Å²) in [6.07, 6.45) is -0.268. The minimum Gasteiger partial charge on any atom is -0.394 e. The second-order valence-electron chi connectivity index (χ2n) is 4.26. The number of H-pyrrole nitrogens is 1. The highest BCUT2D eigenvalue weighted by molar-refractivity contribution is 14.1. The molecule has 102 valence electrons. The van der Waals surface area contributed by atoms with E-state index in [1.807, 2.05) is 22.6 Å². The molecule has 2 aromatic heterocycles. The van der Waals surface area contributed by atoms with Gasteiger partial charge in [0.15, 0.2) is 11.9 Å². The van der Waals surface area contributed by atoms with Crippen LogP contribution in [0.25, 0.3) is 11.0 Å². The Hall–Kier alpha value is -1.04. The van der Waals surface area contributed by atoms with E-state index in [1.165, 1.54) is 11.0 Å². The molecule has 0 aromatic carbocycles. The Labute approximate surface area is 122 Å². The second-order valence-corrected chi connectivity index (χ2v) is 5.29. The van der Waals surface area contributed by atoms with Crippen molar-refractivity contribution in [3.8, 4) is 0 Å². The van der Waals surface area contributed by atoms with Crippen LogP contribution < -0.4 is 5.56 Å². The molecule has 3 unspecified atom stereocenters. The van der Waals surface area contributed by atoms with Gasteiger partial charge in [0.25, 0.3) is 5.56 Å². The standard InChI is InChI=1S/C10H11IN4O4/c11-8-7-9(12-3-13-10(7)18)15(14-8)6-1-4(17)5(2-16)19-6/h3-6,16-17H,1-2H2,(H,12,13,18)/i16D. The fourth-order valence-corrected chi connectivity index (χ4v) is 2.88. The van der Waals surface area contributed by atoms with E-state index in [0.717, 1.165) is 0 Å². The fourth-order valence-electron chi connectivity index (χ4n) is 2.16. The average molecular weight is 379 g/mol. The van der Waals surface area contributed by atoms with E-state index < -0.39 is 18.4 Å². The zero-order chi connectivity index (χ0) is 14.3. The van der Waals surface area contributed by atoms with Crippen LogP contribution >= 0.6 is 22.6 Å². The highest BCUT2D eigenvalue weighted by atomic mass is 127. The molecule has 3 atom stereocenters. The van der Waals surface area contributed by atoms with Crippen LogP contribution in [-0.2, 0) is 4.74 Å². The summed E-state index contributed by atoms with van der Waals surface area (Å²) >= 11 is 1.95. The summed E-state index contributed by atoms with van der Waals surface area (Å²) < 4.78 is 14.3. The first-order valence-corrected chi connectivity index (χ1v) is 6.72. The molecule has 1 saturated heterocycles. The molecule has 19 heavy (non-hydrogen) atoms. The molecule has 2 aromatic rings. The Balaban J connectivity index is 2.00. The van der Waals surface area contributed by atoms with E-state index in [9.17, 15) is 9.90 Å². The fraction of sp³-hybridized carbons (Fsp3) is 0.500. The first-order valence-electron chi connectivity index (χ1n) is 6.05. The van der Waals surface area contributed by atoms with Crippen molar-refractivity contribution >= 4 is 33.6 Å². The summed E-state index contributed by atoms with van der Waals surface area (Å²) in [7, 11) is 0. The zero-order valence-electron chi connectivity index (χ0n) is 10.6. The molecule has 3 rings (SSSR count). The molecule has 1 aliphatic heterocycles. The van der Waals surface area contributed by atoms with Crippen molar-refractivity contribution < 1.29 is 15.0 Å². The number of hydrogen-bond acceptors (Lipinski definition) is 6.